The lowest BCUT2D eigenvalue weighted by atomic mass is 10.2. The third-order valence-corrected chi connectivity index (χ3v) is 4.18. The third kappa shape index (κ3) is 5.04. The van der Waals surface area contributed by atoms with Crippen molar-refractivity contribution < 1.29 is 27.5 Å². The molecule has 1 heterocycles. The van der Waals surface area contributed by atoms with Crippen LogP contribution in [0.1, 0.15) is 32.8 Å². The summed E-state index contributed by atoms with van der Waals surface area (Å²) >= 11 is -2.08. The van der Waals surface area contributed by atoms with Crippen molar-refractivity contribution in [3.05, 3.63) is 35.9 Å². The first-order valence-electron chi connectivity index (χ1n) is 7.56. The largest absolute Gasteiger partial charge is 0.459 e. The number of nitrogens with zero attached hydrogens (tertiary/aromatic N) is 1. The van der Waals surface area contributed by atoms with Crippen LogP contribution in [-0.4, -0.2) is 38.8 Å². The van der Waals surface area contributed by atoms with Crippen LogP contribution >= 0.6 is 0 Å². The predicted molar refractivity (Wildman–Crippen MR) is 86.8 cm³/mol. The van der Waals surface area contributed by atoms with E-state index in [4.69, 9.17) is 13.7 Å². The zero-order valence-corrected chi connectivity index (χ0v) is 14.7. The second kappa shape index (κ2) is 7.76. The molecule has 1 unspecified atom stereocenters. The Bertz CT molecular complexity index is 613. The van der Waals surface area contributed by atoms with E-state index in [1.807, 2.05) is 30.3 Å². The fraction of sp³-hybridized carbons (Fsp3) is 0.500. The van der Waals surface area contributed by atoms with Crippen LogP contribution in [0.25, 0.3) is 0 Å². The minimum atomic E-state index is -2.08. The molecule has 1 aliphatic rings. The first-order valence-corrected chi connectivity index (χ1v) is 8.59. The van der Waals surface area contributed by atoms with Gasteiger partial charge >= 0.3 is 12.1 Å². The van der Waals surface area contributed by atoms with E-state index in [1.54, 1.807) is 20.8 Å². The maximum atomic E-state index is 12.3. The maximum Gasteiger partial charge on any atom is 0.424 e. The van der Waals surface area contributed by atoms with Crippen molar-refractivity contribution in [2.45, 2.75) is 45.4 Å². The van der Waals surface area contributed by atoms with E-state index in [9.17, 15) is 13.8 Å². The lowest BCUT2D eigenvalue weighted by molar-refractivity contribution is -0.150. The summed E-state index contributed by atoms with van der Waals surface area (Å²) < 4.78 is 28.2. The number of hydrogen-bond acceptors (Lipinski definition) is 6. The van der Waals surface area contributed by atoms with Gasteiger partial charge in [-0.15, -0.1) is 0 Å². The van der Waals surface area contributed by atoms with Crippen molar-refractivity contribution in [2.24, 2.45) is 0 Å². The van der Waals surface area contributed by atoms with Crippen molar-refractivity contribution in [3.63, 3.8) is 0 Å². The number of amides is 1. The average molecular weight is 355 g/mol. The molecule has 1 aliphatic heterocycles. The molecule has 24 heavy (non-hydrogen) atoms. The Morgan fingerprint density at radius 2 is 1.96 bits per heavy atom. The Morgan fingerprint density at radius 1 is 1.29 bits per heavy atom. The molecule has 0 aliphatic carbocycles. The van der Waals surface area contributed by atoms with Crippen LogP contribution in [0.2, 0.25) is 0 Å². The molecule has 1 fully saturated rings. The summed E-state index contributed by atoms with van der Waals surface area (Å²) in [5.41, 5.74) is 0.0416. The molecule has 0 N–H and O–H groups in total. The molecule has 0 radical (unpaired) electrons. The van der Waals surface area contributed by atoms with Crippen LogP contribution in [0.4, 0.5) is 4.79 Å². The van der Waals surface area contributed by atoms with Crippen LogP contribution in [-0.2, 0) is 36.3 Å². The Balaban J connectivity index is 2.05. The van der Waals surface area contributed by atoms with Crippen LogP contribution in [0.5, 0.6) is 0 Å². The molecular formula is C16H21NO6S. The zero-order valence-electron chi connectivity index (χ0n) is 13.9. The molecule has 0 saturated carbocycles. The summed E-state index contributed by atoms with van der Waals surface area (Å²) in [4.78, 5) is 24.6. The van der Waals surface area contributed by atoms with E-state index in [1.165, 1.54) is 0 Å². The zero-order chi connectivity index (χ0) is 17.7. The number of benzene rings is 1. The molecule has 1 saturated heterocycles. The molecule has 1 aromatic carbocycles. The number of ether oxygens (including phenoxy) is 2. The van der Waals surface area contributed by atoms with Gasteiger partial charge in [0.2, 0.25) is 0 Å². The molecule has 2 atom stereocenters. The van der Waals surface area contributed by atoms with Gasteiger partial charge in [-0.1, -0.05) is 30.3 Å². The van der Waals surface area contributed by atoms with Gasteiger partial charge in [-0.05, 0) is 26.3 Å². The normalized spacial score (nSPS) is 21.2. The summed E-state index contributed by atoms with van der Waals surface area (Å²) in [7, 11) is 0. The van der Waals surface area contributed by atoms with E-state index in [0.717, 1.165) is 9.87 Å². The summed E-state index contributed by atoms with van der Waals surface area (Å²) in [6.45, 7) is 5.22. The monoisotopic (exact) mass is 355 g/mol. The Labute approximate surface area is 143 Å². The van der Waals surface area contributed by atoms with Crippen LogP contribution in [0, 0.1) is 0 Å². The van der Waals surface area contributed by atoms with Gasteiger partial charge in [-0.3, -0.25) is 4.18 Å². The molecule has 0 aromatic heterocycles. The molecule has 0 bridgehead atoms. The lowest BCUT2D eigenvalue weighted by Crippen LogP contribution is -2.52. The average Bonchev–Trinajstić information content (AvgIpc) is 2.51. The number of esters is 1. The number of carbonyl (C=O) groups excluding carboxylic acids is 2. The maximum absolute atomic E-state index is 12.3. The van der Waals surface area contributed by atoms with Crippen molar-refractivity contribution in [3.8, 4) is 0 Å². The molecule has 8 heteroatoms. The minimum absolute atomic E-state index is 0.0752. The van der Waals surface area contributed by atoms with Gasteiger partial charge in [0.15, 0.2) is 6.04 Å². The third-order valence-electron chi connectivity index (χ3n) is 3.09. The van der Waals surface area contributed by atoms with Gasteiger partial charge in [0.05, 0.1) is 6.61 Å². The smallest absolute Gasteiger partial charge is 0.424 e. The van der Waals surface area contributed by atoms with Gasteiger partial charge in [0, 0.05) is 6.42 Å². The summed E-state index contributed by atoms with van der Waals surface area (Å²) in [5.74, 6) is -0.638. The first kappa shape index (κ1) is 18.4. The second-order valence-corrected chi connectivity index (χ2v) is 7.31. The second-order valence-electron chi connectivity index (χ2n) is 6.24. The van der Waals surface area contributed by atoms with E-state index in [2.05, 4.69) is 0 Å². The highest BCUT2D eigenvalue weighted by molar-refractivity contribution is 7.78. The molecular weight excluding hydrogens is 334 g/mol. The Kier molecular flexibility index (Phi) is 5.95. The molecule has 132 valence electrons. The van der Waals surface area contributed by atoms with Gasteiger partial charge in [-0.2, -0.15) is 4.31 Å². The van der Waals surface area contributed by atoms with E-state index >= 15 is 0 Å². The first-order chi connectivity index (χ1) is 11.3. The van der Waals surface area contributed by atoms with Gasteiger partial charge in [-0.25, -0.2) is 13.8 Å². The van der Waals surface area contributed by atoms with E-state index < -0.39 is 35.0 Å². The highest BCUT2D eigenvalue weighted by Gasteiger charge is 2.41. The molecule has 1 amide bonds. The SMILES string of the molecule is CC(C)(C)OC(=O)N1[C@H](C(=O)OCc2ccccc2)CCOS1=O. The lowest BCUT2D eigenvalue weighted by Gasteiger charge is -2.33. The topological polar surface area (TPSA) is 82.1 Å². The highest BCUT2D eigenvalue weighted by Crippen LogP contribution is 2.21. The molecule has 0 spiro atoms. The molecule has 1 aromatic rings. The van der Waals surface area contributed by atoms with Crippen molar-refractivity contribution in [1.29, 1.82) is 0 Å². The highest BCUT2D eigenvalue weighted by atomic mass is 32.2. The number of carbonyl (C=O) groups is 2. The quantitative estimate of drug-likeness (QED) is 0.774. The van der Waals surface area contributed by atoms with Gasteiger partial charge < -0.3 is 9.47 Å². The Morgan fingerprint density at radius 3 is 2.58 bits per heavy atom. The van der Waals surface area contributed by atoms with Crippen LogP contribution in [0.15, 0.2) is 30.3 Å². The van der Waals surface area contributed by atoms with Gasteiger partial charge in [0.1, 0.15) is 12.2 Å². The Hall–Kier alpha value is -1.93. The summed E-state index contributed by atoms with van der Waals surface area (Å²) in [6, 6.07) is 8.16. The fourth-order valence-electron chi connectivity index (χ4n) is 2.04. The van der Waals surface area contributed by atoms with Crippen molar-refractivity contribution >= 4 is 23.3 Å². The van der Waals surface area contributed by atoms with Crippen LogP contribution < -0.4 is 0 Å². The number of hydrogen-bond donors (Lipinski definition) is 0. The standard InChI is InChI=1S/C16H21NO6S/c1-16(2,3)23-15(19)17-13(9-10-22-24(17)20)14(18)21-11-12-7-5-4-6-8-12/h4-8,13H,9-11H2,1-3H3/t13-,24?/m0/s1. The number of rotatable bonds is 3. The van der Waals surface area contributed by atoms with Crippen molar-refractivity contribution in [2.75, 3.05) is 6.61 Å². The summed E-state index contributed by atoms with van der Waals surface area (Å²) in [6.07, 6.45) is -0.680. The molecule has 2 rings (SSSR count). The fourth-order valence-corrected chi connectivity index (χ4v) is 2.95. The van der Waals surface area contributed by atoms with Gasteiger partial charge in [0.25, 0.3) is 11.3 Å². The van der Waals surface area contributed by atoms with Crippen molar-refractivity contribution in [1.82, 2.24) is 4.31 Å². The molecule has 7 nitrogen and oxygen atoms in total. The van der Waals surface area contributed by atoms with Crippen LogP contribution in [0.3, 0.4) is 0 Å². The van der Waals surface area contributed by atoms with E-state index in [-0.39, 0.29) is 19.6 Å². The van der Waals surface area contributed by atoms with E-state index in [0.29, 0.717) is 0 Å². The minimum Gasteiger partial charge on any atom is -0.459 e. The summed E-state index contributed by atoms with van der Waals surface area (Å²) in [5, 5.41) is 0. The predicted octanol–water partition coefficient (Wildman–Crippen LogP) is 2.33.